The van der Waals surface area contributed by atoms with E-state index in [0.29, 0.717) is 6.42 Å². The molecule has 0 spiro atoms. The van der Waals surface area contributed by atoms with Gasteiger partial charge in [-0.1, -0.05) is 92.7 Å². The van der Waals surface area contributed by atoms with Gasteiger partial charge < -0.3 is 5.32 Å². The van der Waals surface area contributed by atoms with Crippen LogP contribution >= 0.6 is 0 Å². The van der Waals surface area contributed by atoms with Gasteiger partial charge >= 0.3 is 0 Å². The highest BCUT2D eigenvalue weighted by atomic mass is 16.1. The minimum atomic E-state index is 0.0475. The van der Waals surface area contributed by atoms with Crippen LogP contribution in [-0.4, -0.2) is 5.91 Å². The van der Waals surface area contributed by atoms with Crippen molar-refractivity contribution < 1.29 is 4.79 Å². The van der Waals surface area contributed by atoms with Gasteiger partial charge in [-0.2, -0.15) is 0 Å². The van der Waals surface area contributed by atoms with Gasteiger partial charge in [0, 0.05) is 18.0 Å². The van der Waals surface area contributed by atoms with Crippen LogP contribution in [0.2, 0.25) is 0 Å². The molecule has 0 atom stereocenters. The molecule has 0 aliphatic carbocycles. The molecule has 0 saturated carbocycles. The number of hydrogen-bond donors (Lipinski definition) is 1. The van der Waals surface area contributed by atoms with Gasteiger partial charge in [0.1, 0.15) is 0 Å². The SMILES string of the molecule is CCc1cccc(CC)c1NC(=O)CC(c1ccccc1)c1ccccc1. The van der Waals surface area contributed by atoms with Crippen molar-refractivity contribution in [2.24, 2.45) is 0 Å². The molecule has 0 heterocycles. The maximum Gasteiger partial charge on any atom is 0.225 e. The van der Waals surface area contributed by atoms with E-state index in [1.165, 1.54) is 22.3 Å². The van der Waals surface area contributed by atoms with Crippen molar-refractivity contribution >= 4 is 11.6 Å². The molecule has 0 bridgehead atoms. The average molecular weight is 357 g/mol. The molecule has 0 aliphatic heterocycles. The van der Waals surface area contributed by atoms with Gasteiger partial charge in [0.25, 0.3) is 0 Å². The zero-order chi connectivity index (χ0) is 19.1. The van der Waals surface area contributed by atoms with Crippen molar-refractivity contribution in [2.45, 2.75) is 39.0 Å². The zero-order valence-corrected chi connectivity index (χ0v) is 16.1. The van der Waals surface area contributed by atoms with Crippen molar-refractivity contribution in [1.29, 1.82) is 0 Å². The van der Waals surface area contributed by atoms with E-state index in [9.17, 15) is 4.79 Å². The number of nitrogens with one attached hydrogen (secondary N) is 1. The van der Waals surface area contributed by atoms with Crippen LogP contribution < -0.4 is 5.32 Å². The van der Waals surface area contributed by atoms with Crippen molar-refractivity contribution in [3.05, 3.63) is 101 Å². The molecule has 138 valence electrons. The Labute approximate surface area is 162 Å². The summed E-state index contributed by atoms with van der Waals surface area (Å²) in [5.41, 5.74) is 5.71. The van der Waals surface area contributed by atoms with Crippen LogP contribution in [0.25, 0.3) is 0 Å². The van der Waals surface area contributed by atoms with Crippen LogP contribution in [0.5, 0.6) is 0 Å². The maximum absolute atomic E-state index is 13.0. The topological polar surface area (TPSA) is 29.1 Å². The van der Waals surface area contributed by atoms with Crippen LogP contribution in [0, 0.1) is 0 Å². The van der Waals surface area contributed by atoms with Crippen molar-refractivity contribution in [2.75, 3.05) is 5.32 Å². The lowest BCUT2D eigenvalue weighted by atomic mass is 9.88. The van der Waals surface area contributed by atoms with E-state index in [4.69, 9.17) is 0 Å². The monoisotopic (exact) mass is 357 g/mol. The molecule has 0 fully saturated rings. The Hall–Kier alpha value is -2.87. The Bertz CT molecular complexity index is 810. The molecule has 3 rings (SSSR count). The fourth-order valence-electron chi connectivity index (χ4n) is 3.58. The molecule has 1 amide bonds. The number of hydrogen-bond acceptors (Lipinski definition) is 1. The van der Waals surface area contributed by atoms with Crippen LogP contribution in [0.3, 0.4) is 0 Å². The summed E-state index contributed by atoms with van der Waals surface area (Å²) in [6.07, 6.45) is 2.24. The Balaban J connectivity index is 1.86. The second-order valence-corrected chi connectivity index (χ2v) is 6.78. The lowest BCUT2D eigenvalue weighted by molar-refractivity contribution is -0.116. The summed E-state index contributed by atoms with van der Waals surface area (Å²) in [6, 6.07) is 26.8. The molecule has 0 radical (unpaired) electrons. The second-order valence-electron chi connectivity index (χ2n) is 6.78. The van der Waals surface area contributed by atoms with E-state index >= 15 is 0 Å². The van der Waals surface area contributed by atoms with E-state index in [-0.39, 0.29) is 11.8 Å². The van der Waals surface area contributed by atoms with E-state index in [1.54, 1.807) is 0 Å². The maximum atomic E-state index is 13.0. The summed E-state index contributed by atoms with van der Waals surface area (Å²) in [4.78, 5) is 13.0. The molecular formula is C25H27NO. The van der Waals surface area contributed by atoms with Crippen molar-refractivity contribution in [1.82, 2.24) is 0 Å². The van der Waals surface area contributed by atoms with Crippen LogP contribution in [0.4, 0.5) is 5.69 Å². The zero-order valence-electron chi connectivity index (χ0n) is 16.1. The Morgan fingerprint density at radius 1 is 0.741 bits per heavy atom. The third-order valence-corrected chi connectivity index (χ3v) is 5.06. The summed E-state index contributed by atoms with van der Waals surface area (Å²) >= 11 is 0. The third kappa shape index (κ3) is 4.65. The summed E-state index contributed by atoms with van der Waals surface area (Å²) in [6.45, 7) is 4.25. The van der Waals surface area contributed by atoms with Gasteiger partial charge in [-0.25, -0.2) is 0 Å². The van der Waals surface area contributed by atoms with E-state index in [0.717, 1.165) is 18.5 Å². The summed E-state index contributed by atoms with van der Waals surface area (Å²) < 4.78 is 0. The van der Waals surface area contributed by atoms with Gasteiger partial charge in [-0.3, -0.25) is 4.79 Å². The molecule has 0 aromatic heterocycles. The number of benzene rings is 3. The fraction of sp³-hybridized carbons (Fsp3) is 0.240. The van der Waals surface area contributed by atoms with Crippen LogP contribution in [0.15, 0.2) is 78.9 Å². The number of carbonyl (C=O) groups is 1. The number of amides is 1. The molecule has 3 aromatic carbocycles. The molecular weight excluding hydrogens is 330 g/mol. The predicted octanol–water partition coefficient (Wildman–Crippen LogP) is 5.97. The normalized spacial score (nSPS) is 10.8. The molecule has 2 heteroatoms. The summed E-state index contributed by atoms with van der Waals surface area (Å²) in [5.74, 6) is 0.106. The smallest absolute Gasteiger partial charge is 0.225 e. The van der Waals surface area contributed by atoms with Gasteiger partial charge in [0.15, 0.2) is 0 Å². The number of rotatable bonds is 7. The van der Waals surface area contributed by atoms with Crippen molar-refractivity contribution in [3.8, 4) is 0 Å². The molecule has 27 heavy (non-hydrogen) atoms. The first kappa shape index (κ1) is 18.9. The number of anilines is 1. The van der Waals surface area contributed by atoms with E-state index < -0.39 is 0 Å². The van der Waals surface area contributed by atoms with Gasteiger partial charge in [0.2, 0.25) is 5.91 Å². The fourth-order valence-corrected chi connectivity index (χ4v) is 3.58. The van der Waals surface area contributed by atoms with E-state index in [2.05, 4.69) is 61.6 Å². The first-order chi connectivity index (χ1) is 13.2. The highest BCUT2D eigenvalue weighted by Crippen LogP contribution is 2.29. The Morgan fingerprint density at radius 2 is 1.22 bits per heavy atom. The molecule has 0 aliphatic rings. The highest BCUT2D eigenvalue weighted by Gasteiger charge is 2.19. The molecule has 0 unspecified atom stereocenters. The van der Waals surface area contributed by atoms with Gasteiger partial charge in [-0.15, -0.1) is 0 Å². The predicted molar refractivity (Wildman–Crippen MR) is 113 cm³/mol. The lowest BCUT2D eigenvalue weighted by Crippen LogP contribution is -2.18. The number of aryl methyl sites for hydroxylation is 2. The Kier molecular flexibility index (Phi) is 6.43. The largest absolute Gasteiger partial charge is 0.326 e. The number of carbonyl (C=O) groups excluding carboxylic acids is 1. The standard InChI is InChI=1S/C25H27NO/c1-3-19-16-11-17-20(4-2)25(19)26-24(27)18-23(21-12-7-5-8-13-21)22-14-9-6-10-15-22/h5-17,23H,3-4,18H2,1-2H3,(H,26,27). The van der Waals surface area contributed by atoms with Crippen molar-refractivity contribution in [3.63, 3.8) is 0 Å². The average Bonchev–Trinajstić information content (AvgIpc) is 2.73. The third-order valence-electron chi connectivity index (χ3n) is 5.06. The Morgan fingerprint density at radius 3 is 1.67 bits per heavy atom. The van der Waals surface area contributed by atoms with Crippen LogP contribution in [0.1, 0.15) is 48.4 Å². The molecule has 3 aromatic rings. The van der Waals surface area contributed by atoms with Gasteiger partial charge in [-0.05, 0) is 35.1 Å². The first-order valence-electron chi connectivity index (χ1n) is 9.73. The first-order valence-corrected chi connectivity index (χ1v) is 9.73. The second kappa shape index (κ2) is 9.18. The number of para-hydroxylation sites is 1. The van der Waals surface area contributed by atoms with E-state index in [1.807, 2.05) is 36.4 Å². The van der Waals surface area contributed by atoms with Gasteiger partial charge in [0.05, 0.1) is 0 Å². The molecule has 0 saturated heterocycles. The van der Waals surface area contributed by atoms with Crippen LogP contribution in [-0.2, 0) is 17.6 Å². The minimum absolute atomic E-state index is 0.0475. The molecule has 1 N–H and O–H groups in total. The quantitative estimate of drug-likeness (QED) is 0.554. The highest BCUT2D eigenvalue weighted by molar-refractivity contribution is 5.93. The summed E-state index contributed by atoms with van der Waals surface area (Å²) in [5, 5.41) is 3.21. The minimum Gasteiger partial charge on any atom is -0.326 e. The summed E-state index contributed by atoms with van der Waals surface area (Å²) in [7, 11) is 0. The molecule has 2 nitrogen and oxygen atoms in total. The lowest BCUT2D eigenvalue weighted by Gasteiger charge is -2.20.